The lowest BCUT2D eigenvalue weighted by atomic mass is 9.90. The van der Waals surface area contributed by atoms with Gasteiger partial charge in [-0.2, -0.15) is 0 Å². The number of nitrogens with zero attached hydrogens (tertiary/aromatic N) is 2. The Bertz CT molecular complexity index is 1280. The van der Waals surface area contributed by atoms with Gasteiger partial charge in [-0.15, -0.1) is 0 Å². The van der Waals surface area contributed by atoms with Crippen LogP contribution in [0, 0.1) is 0 Å². The number of nitrogens with one attached hydrogen (secondary N) is 2. The molecule has 0 radical (unpaired) electrons. The van der Waals surface area contributed by atoms with Crippen LogP contribution in [-0.4, -0.2) is 42.4 Å². The van der Waals surface area contributed by atoms with Gasteiger partial charge in [-0.1, -0.05) is 61.4 Å². The van der Waals surface area contributed by atoms with Crippen LogP contribution in [0.15, 0.2) is 66.7 Å². The van der Waals surface area contributed by atoms with E-state index in [-0.39, 0.29) is 6.54 Å². The number of para-hydroxylation sites is 2. The number of carbonyl (C=O) groups excluding carboxylic acids is 3. The summed E-state index contributed by atoms with van der Waals surface area (Å²) < 4.78 is 0. The Balaban J connectivity index is 1.32. The summed E-state index contributed by atoms with van der Waals surface area (Å²) in [5.74, 6) is -0.840. The summed E-state index contributed by atoms with van der Waals surface area (Å²) in [6.07, 6.45) is 4.68. The lowest BCUT2D eigenvalue weighted by Crippen LogP contribution is -2.42. The Morgan fingerprint density at radius 1 is 0.914 bits per heavy atom. The second-order valence-electron chi connectivity index (χ2n) is 9.47. The van der Waals surface area contributed by atoms with Gasteiger partial charge >= 0.3 is 6.03 Å². The summed E-state index contributed by atoms with van der Waals surface area (Å²) in [5, 5.41) is 7.77. The van der Waals surface area contributed by atoms with Gasteiger partial charge in [0.05, 0.1) is 11.4 Å². The molecule has 0 aliphatic carbocycles. The van der Waals surface area contributed by atoms with Crippen molar-refractivity contribution in [2.45, 2.75) is 38.1 Å². The first kappa shape index (κ1) is 22.9. The molecule has 5 rings (SSSR count). The van der Waals surface area contributed by atoms with Gasteiger partial charge in [0, 0.05) is 13.1 Å². The van der Waals surface area contributed by atoms with E-state index in [9.17, 15) is 14.4 Å². The van der Waals surface area contributed by atoms with Crippen molar-refractivity contribution in [2.24, 2.45) is 0 Å². The van der Waals surface area contributed by atoms with Gasteiger partial charge in [-0.25, -0.2) is 4.79 Å². The average molecular weight is 471 g/mol. The number of hydrogen-bond acceptors (Lipinski definition) is 4. The molecule has 0 saturated carbocycles. The second kappa shape index (κ2) is 9.41. The number of benzene rings is 3. The highest BCUT2D eigenvalue weighted by atomic mass is 16.2. The number of rotatable bonds is 5. The highest BCUT2D eigenvalue weighted by molar-refractivity contribution is 6.10. The van der Waals surface area contributed by atoms with E-state index in [0.717, 1.165) is 47.3 Å². The van der Waals surface area contributed by atoms with Crippen molar-refractivity contribution in [3.63, 3.8) is 0 Å². The lowest BCUT2D eigenvalue weighted by molar-refractivity contribution is -0.133. The van der Waals surface area contributed by atoms with Gasteiger partial charge in [0.15, 0.2) is 0 Å². The molecule has 0 spiro atoms. The maximum absolute atomic E-state index is 13.4. The van der Waals surface area contributed by atoms with E-state index in [4.69, 9.17) is 0 Å². The van der Waals surface area contributed by atoms with Crippen molar-refractivity contribution in [2.75, 3.05) is 29.9 Å². The molecule has 3 aromatic rings. The Hall–Kier alpha value is -3.87. The maximum Gasteiger partial charge on any atom is 0.325 e. The van der Waals surface area contributed by atoms with Crippen LogP contribution in [0.25, 0.3) is 10.8 Å². The predicted molar refractivity (Wildman–Crippen MR) is 137 cm³/mol. The average Bonchev–Trinajstić information content (AvgIpc) is 3.05. The fraction of sp³-hybridized carbons (Fsp3) is 0.321. The molecule has 2 saturated heterocycles. The third-order valence-electron chi connectivity index (χ3n) is 7.03. The van der Waals surface area contributed by atoms with Gasteiger partial charge < -0.3 is 15.5 Å². The highest BCUT2D eigenvalue weighted by Gasteiger charge is 2.49. The van der Waals surface area contributed by atoms with Crippen molar-refractivity contribution >= 4 is 40.0 Å². The molecular weight excluding hydrogens is 440 g/mol. The van der Waals surface area contributed by atoms with Crippen molar-refractivity contribution in [1.29, 1.82) is 0 Å². The molecule has 3 aromatic carbocycles. The van der Waals surface area contributed by atoms with Crippen LogP contribution in [-0.2, 0) is 15.1 Å². The van der Waals surface area contributed by atoms with E-state index in [1.165, 1.54) is 12.8 Å². The number of imide groups is 1. The number of hydrogen-bond donors (Lipinski definition) is 2. The van der Waals surface area contributed by atoms with E-state index in [2.05, 4.69) is 15.5 Å². The molecule has 180 valence electrons. The fourth-order valence-electron chi connectivity index (χ4n) is 5.04. The van der Waals surface area contributed by atoms with Crippen LogP contribution in [0.3, 0.4) is 0 Å². The zero-order valence-corrected chi connectivity index (χ0v) is 19.9. The van der Waals surface area contributed by atoms with E-state index in [1.807, 2.05) is 66.7 Å². The van der Waals surface area contributed by atoms with Gasteiger partial charge in [0.2, 0.25) is 5.91 Å². The first-order valence-corrected chi connectivity index (χ1v) is 12.2. The summed E-state index contributed by atoms with van der Waals surface area (Å²) in [6.45, 7) is 3.24. The van der Waals surface area contributed by atoms with Crippen LogP contribution in [0.2, 0.25) is 0 Å². The Kier molecular flexibility index (Phi) is 6.16. The third-order valence-corrected chi connectivity index (χ3v) is 7.03. The molecule has 4 amide bonds. The minimum Gasteiger partial charge on any atom is -0.370 e. The molecule has 1 atom stereocenters. The molecule has 2 N–H and O–H groups in total. The molecule has 2 aliphatic heterocycles. The van der Waals surface area contributed by atoms with E-state index >= 15 is 0 Å². The van der Waals surface area contributed by atoms with Crippen molar-refractivity contribution in [1.82, 2.24) is 10.2 Å². The minimum atomic E-state index is -1.23. The molecule has 1 unspecified atom stereocenters. The van der Waals surface area contributed by atoms with E-state index in [0.29, 0.717) is 11.3 Å². The second-order valence-corrected chi connectivity index (χ2v) is 9.47. The third kappa shape index (κ3) is 4.46. The monoisotopic (exact) mass is 470 g/mol. The molecular formula is C28H30N4O3. The Morgan fingerprint density at radius 3 is 2.37 bits per heavy atom. The summed E-state index contributed by atoms with van der Waals surface area (Å²) in [6, 6.07) is 20.7. The Morgan fingerprint density at radius 2 is 1.60 bits per heavy atom. The number of amides is 4. The summed E-state index contributed by atoms with van der Waals surface area (Å²) in [5.41, 5.74) is 1.12. The SMILES string of the molecule is CC1(c2ccc3ccccc3c2)NC(=O)N(CC(=O)Nc2ccccc2N2CCCCCC2)C1=O. The Labute approximate surface area is 205 Å². The number of carbonyl (C=O) groups is 3. The quantitative estimate of drug-likeness (QED) is 0.533. The van der Waals surface area contributed by atoms with Gasteiger partial charge in [-0.05, 0) is 54.3 Å². The van der Waals surface area contributed by atoms with Crippen LogP contribution >= 0.6 is 0 Å². The van der Waals surface area contributed by atoms with Gasteiger partial charge in [0.1, 0.15) is 12.1 Å². The molecule has 2 heterocycles. The molecule has 7 nitrogen and oxygen atoms in total. The predicted octanol–water partition coefficient (Wildman–Crippen LogP) is 4.63. The van der Waals surface area contributed by atoms with Crippen LogP contribution in [0.1, 0.15) is 38.2 Å². The van der Waals surface area contributed by atoms with Gasteiger partial charge in [-0.3, -0.25) is 14.5 Å². The highest BCUT2D eigenvalue weighted by Crippen LogP contribution is 2.32. The molecule has 2 aliphatic rings. The first-order valence-electron chi connectivity index (χ1n) is 12.2. The zero-order valence-electron chi connectivity index (χ0n) is 19.9. The standard InChI is InChI=1S/C28H30N4O3/c1-28(22-15-14-20-10-4-5-11-21(20)18-22)26(34)32(27(35)30-28)19-25(33)29-23-12-6-7-13-24(23)31-16-8-2-3-9-17-31/h4-7,10-15,18H,2-3,8-9,16-17,19H2,1H3,(H,29,33)(H,30,35). The summed E-state index contributed by atoms with van der Waals surface area (Å²) >= 11 is 0. The molecule has 0 aromatic heterocycles. The normalized spacial score (nSPS) is 20.6. The number of fused-ring (bicyclic) bond motifs is 1. The minimum absolute atomic E-state index is 0.345. The van der Waals surface area contributed by atoms with Crippen molar-refractivity contribution in [3.8, 4) is 0 Å². The fourth-order valence-corrected chi connectivity index (χ4v) is 5.04. The maximum atomic E-state index is 13.4. The topological polar surface area (TPSA) is 81.8 Å². The largest absolute Gasteiger partial charge is 0.370 e. The zero-order chi connectivity index (χ0) is 24.4. The van der Waals surface area contributed by atoms with E-state index < -0.39 is 23.4 Å². The summed E-state index contributed by atoms with van der Waals surface area (Å²) in [4.78, 5) is 42.4. The van der Waals surface area contributed by atoms with Crippen molar-refractivity contribution < 1.29 is 14.4 Å². The van der Waals surface area contributed by atoms with E-state index in [1.54, 1.807) is 6.92 Å². The van der Waals surface area contributed by atoms with Crippen LogP contribution < -0.4 is 15.5 Å². The lowest BCUT2D eigenvalue weighted by Gasteiger charge is -2.26. The first-order chi connectivity index (χ1) is 17.0. The molecule has 35 heavy (non-hydrogen) atoms. The smallest absolute Gasteiger partial charge is 0.325 e. The number of anilines is 2. The molecule has 2 fully saturated rings. The summed E-state index contributed by atoms with van der Waals surface area (Å²) in [7, 11) is 0. The molecule has 0 bridgehead atoms. The van der Waals surface area contributed by atoms with Crippen LogP contribution in [0.5, 0.6) is 0 Å². The van der Waals surface area contributed by atoms with Crippen LogP contribution in [0.4, 0.5) is 16.2 Å². The number of urea groups is 1. The van der Waals surface area contributed by atoms with Crippen molar-refractivity contribution in [3.05, 3.63) is 72.3 Å². The molecule has 7 heteroatoms. The van der Waals surface area contributed by atoms with Gasteiger partial charge in [0.25, 0.3) is 5.91 Å².